The van der Waals surface area contributed by atoms with Crippen LogP contribution in [0.5, 0.6) is 5.75 Å². The Bertz CT molecular complexity index is 749. The zero-order chi connectivity index (χ0) is 18.5. The van der Waals surface area contributed by atoms with E-state index in [9.17, 15) is 9.59 Å². The first-order valence-electron chi connectivity index (χ1n) is 8.88. The summed E-state index contributed by atoms with van der Waals surface area (Å²) in [7, 11) is 0. The molecule has 2 aromatic rings. The fraction of sp³-hybridized carbons (Fsp3) is 0.400. The Morgan fingerprint density at radius 1 is 1.27 bits per heavy atom. The van der Waals surface area contributed by atoms with E-state index in [1.165, 1.54) is 12.5 Å². The van der Waals surface area contributed by atoms with Crippen LogP contribution in [0.4, 0.5) is 0 Å². The Hall–Kier alpha value is -2.76. The van der Waals surface area contributed by atoms with Crippen molar-refractivity contribution in [3.8, 4) is 5.75 Å². The maximum atomic E-state index is 12.4. The summed E-state index contributed by atoms with van der Waals surface area (Å²) in [6.07, 6.45) is 3.84. The van der Waals surface area contributed by atoms with Crippen molar-refractivity contribution in [3.05, 3.63) is 54.0 Å². The van der Waals surface area contributed by atoms with Crippen LogP contribution in [0.3, 0.4) is 0 Å². The lowest BCUT2D eigenvalue weighted by Crippen LogP contribution is -2.49. The van der Waals surface area contributed by atoms with Gasteiger partial charge in [-0.2, -0.15) is 0 Å². The number of ether oxygens (including phenoxy) is 1. The molecule has 6 nitrogen and oxygen atoms in total. The summed E-state index contributed by atoms with van der Waals surface area (Å²) in [6.45, 7) is 4.95. The Morgan fingerprint density at radius 2 is 2.04 bits per heavy atom. The number of rotatable bonds is 5. The second kappa shape index (κ2) is 8.08. The molecule has 1 N–H and O–H groups in total. The van der Waals surface area contributed by atoms with Gasteiger partial charge in [0.2, 0.25) is 0 Å². The number of likely N-dealkylation sites (tertiary alicyclic amines) is 1. The van der Waals surface area contributed by atoms with Crippen LogP contribution < -0.4 is 10.1 Å². The molecule has 1 fully saturated rings. The largest absolute Gasteiger partial charge is 0.481 e. The Labute approximate surface area is 153 Å². The minimum atomic E-state index is -0.567. The maximum Gasteiger partial charge on any atom is 0.260 e. The Morgan fingerprint density at radius 3 is 2.69 bits per heavy atom. The van der Waals surface area contributed by atoms with Gasteiger partial charge in [0, 0.05) is 19.1 Å². The van der Waals surface area contributed by atoms with Gasteiger partial charge < -0.3 is 19.4 Å². The van der Waals surface area contributed by atoms with Gasteiger partial charge in [0.05, 0.1) is 11.8 Å². The van der Waals surface area contributed by atoms with Crippen LogP contribution in [0.1, 0.15) is 35.7 Å². The zero-order valence-electron chi connectivity index (χ0n) is 15.1. The van der Waals surface area contributed by atoms with Gasteiger partial charge in [-0.1, -0.05) is 12.1 Å². The minimum absolute atomic E-state index is 0.0281. The second-order valence-electron chi connectivity index (χ2n) is 6.66. The van der Waals surface area contributed by atoms with Crippen LogP contribution in [0, 0.1) is 6.92 Å². The van der Waals surface area contributed by atoms with E-state index in [1.807, 2.05) is 31.2 Å². The molecular weight excluding hydrogens is 332 g/mol. The van der Waals surface area contributed by atoms with Gasteiger partial charge >= 0.3 is 0 Å². The van der Waals surface area contributed by atoms with Crippen LogP contribution in [-0.4, -0.2) is 41.9 Å². The lowest BCUT2D eigenvalue weighted by atomic mass is 10.0. The molecule has 0 saturated carbocycles. The van der Waals surface area contributed by atoms with Crippen LogP contribution >= 0.6 is 0 Å². The number of piperidine rings is 1. The highest BCUT2D eigenvalue weighted by Crippen LogP contribution is 2.16. The fourth-order valence-corrected chi connectivity index (χ4v) is 3.06. The number of nitrogens with one attached hydrogen (secondary N) is 1. The number of furan rings is 1. The first-order chi connectivity index (χ1) is 12.5. The van der Waals surface area contributed by atoms with Crippen molar-refractivity contribution in [3.63, 3.8) is 0 Å². The first kappa shape index (κ1) is 18.0. The van der Waals surface area contributed by atoms with Crippen LogP contribution in [0.2, 0.25) is 0 Å². The summed E-state index contributed by atoms with van der Waals surface area (Å²) in [5, 5.41) is 3.03. The van der Waals surface area contributed by atoms with E-state index in [0.717, 1.165) is 18.4 Å². The molecule has 1 aromatic carbocycles. The highest BCUT2D eigenvalue weighted by Gasteiger charge is 2.26. The summed E-state index contributed by atoms with van der Waals surface area (Å²) >= 11 is 0. The number of benzene rings is 1. The molecule has 0 bridgehead atoms. The monoisotopic (exact) mass is 356 g/mol. The van der Waals surface area contributed by atoms with Crippen molar-refractivity contribution >= 4 is 11.8 Å². The number of hydrogen-bond donors (Lipinski definition) is 1. The highest BCUT2D eigenvalue weighted by molar-refractivity contribution is 5.93. The summed E-state index contributed by atoms with van der Waals surface area (Å²) in [5.74, 6) is 0.527. The quantitative estimate of drug-likeness (QED) is 0.894. The summed E-state index contributed by atoms with van der Waals surface area (Å²) in [6, 6.07) is 9.36. The van der Waals surface area contributed by atoms with E-state index in [0.29, 0.717) is 24.4 Å². The molecule has 2 amide bonds. The maximum absolute atomic E-state index is 12.4. The molecule has 2 heterocycles. The molecule has 0 radical (unpaired) electrons. The van der Waals surface area contributed by atoms with Gasteiger partial charge in [0.15, 0.2) is 6.10 Å². The molecular formula is C20H24N2O4. The molecule has 1 unspecified atom stereocenters. The van der Waals surface area contributed by atoms with Crippen molar-refractivity contribution in [2.24, 2.45) is 0 Å². The second-order valence-corrected chi connectivity index (χ2v) is 6.66. The van der Waals surface area contributed by atoms with Crippen molar-refractivity contribution in [2.75, 3.05) is 13.1 Å². The van der Waals surface area contributed by atoms with Crippen molar-refractivity contribution in [1.82, 2.24) is 10.2 Å². The van der Waals surface area contributed by atoms with Crippen LogP contribution in [0.15, 0.2) is 47.3 Å². The van der Waals surface area contributed by atoms with Crippen molar-refractivity contribution in [2.45, 2.75) is 38.8 Å². The molecule has 6 heteroatoms. The first-order valence-corrected chi connectivity index (χ1v) is 8.88. The van der Waals surface area contributed by atoms with Crippen molar-refractivity contribution in [1.29, 1.82) is 0 Å². The van der Waals surface area contributed by atoms with Gasteiger partial charge in [-0.25, -0.2) is 0 Å². The third-order valence-corrected chi connectivity index (χ3v) is 4.57. The minimum Gasteiger partial charge on any atom is -0.481 e. The predicted molar refractivity (Wildman–Crippen MR) is 97.0 cm³/mol. The Balaban J connectivity index is 1.46. The van der Waals surface area contributed by atoms with E-state index in [-0.39, 0.29) is 17.9 Å². The molecule has 1 atom stereocenters. The van der Waals surface area contributed by atoms with Crippen molar-refractivity contribution < 1.29 is 18.7 Å². The van der Waals surface area contributed by atoms with Gasteiger partial charge in [0.1, 0.15) is 12.0 Å². The fourth-order valence-electron chi connectivity index (χ4n) is 3.06. The number of nitrogens with zero attached hydrogens (tertiary/aromatic N) is 1. The lowest BCUT2D eigenvalue weighted by molar-refractivity contribution is -0.128. The highest BCUT2D eigenvalue weighted by atomic mass is 16.5. The lowest BCUT2D eigenvalue weighted by Gasteiger charge is -2.32. The zero-order valence-corrected chi connectivity index (χ0v) is 15.1. The average Bonchev–Trinajstić information content (AvgIpc) is 3.16. The number of carbonyl (C=O) groups is 2. The van der Waals surface area contributed by atoms with Crippen LogP contribution in [0.25, 0.3) is 0 Å². The van der Waals surface area contributed by atoms with Gasteiger partial charge in [-0.05, 0) is 50.5 Å². The third-order valence-electron chi connectivity index (χ3n) is 4.57. The summed E-state index contributed by atoms with van der Waals surface area (Å²) in [5.41, 5.74) is 1.65. The van der Waals surface area contributed by atoms with Gasteiger partial charge in [-0.3, -0.25) is 9.59 Å². The molecule has 26 heavy (non-hydrogen) atoms. The molecule has 0 aliphatic carbocycles. The molecule has 3 rings (SSSR count). The topological polar surface area (TPSA) is 71.8 Å². The predicted octanol–water partition coefficient (Wildman–Crippen LogP) is 2.78. The smallest absolute Gasteiger partial charge is 0.260 e. The molecule has 0 spiro atoms. The third kappa shape index (κ3) is 4.45. The average molecular weight is 356 g/mol. The number of amides is 2. The molecule has 1 aliphatic rings. The normalized spacial score (nSPS) is 16.2. The van der Waals surface area contributed by atoms with Gasteiger partial charge in [0.25, 0.3) is 11.8 Å². The van der Waals surface area contributed by atoms with E-state index >= 15 is 0 Å². The van der Waals surface area contributed by atoms with E-state index in [4.69, 9.17) is 9.15 Å². The summed E-state index contributed by atoms with van der Waals surface area (Å²) < 4.78 is 10.7. The Kier molecular flexibility index (Phi) is 5.61. The van der Waals surface area contributed by atoms with E-state index < -0.39 is 6.10 Å². The molecule has 1 aliphatic heterocycles. The standard InChI is InChI=1S/C20H24N2O4/c1-14-4-3-5-18(12-14)26-15(2)19(23)21-17-6-9-22(10-7-17)20(24)16-8-11-25-13-16/h3-5,8,11-13,15,17H,6-7,9-10H2,1-2H3,(H,21,23). The van der Waals surface area contributed by atoms with E-state index in [2.05, 4.69) is 5.32 Å². The van der Waals surface area contributed by atoms with Crippen LogP contribution in [-0.2, 0) is 4.79 Å². The number of carbonyl (C=O) groups excluding carboxylic acids is 2. The number of hydrogen-bond acceptors (Lipinski definition) is 4. The van der Waals surface area contributed by atoms with E-state index in [1.54, 1.807) is 17.9 Å². The molecule has 1 saturated heterocycles. The molecule has 1 aromatic heterocycles. The summed E-state index contributed by atoms with van der Waals surface area (Å²) in [4.78, 5) is 26.5. The SMILES string of the molecule is Cc1cccc(OC(C)C(=O)NC2CCN(C(=O)c3ccoc3)CC2)c1. The van der Waals surface area contributed by atoms with Gasteiger partial charge in [-0.15, -0.1) is 0 Å². The number of aryl methyl sites for hydroxylation is 1. The molecule has 138 valence electrons.